The van der Waals surface area contributed by atoms with Crippen LogP contribution in [0.2, 0.25) is 0 Å². The summed E-state index contributed by atoms with van der Waals surface area (Å²) >= 11 is 0. The molecule has 2 aliphatic rings. The Balaban J connectivity index is 2.19. The smallest absolute Gasteiger partial charge is 0.179 e. The van der Waals surface area contributed by atoms with Gasteiger partial charge < -0.3 is 4.90 Å². The van der Waals surface area contributed by atoms with Crippen LogP contribution < -0.4 is 0 Å². The normalized spacial score (nSPS) is 39.2. The predicted octanol–water partition coefficient (Wildman–Crippen LogP) is 1.09. The first kappa shape index (κ1) is 5.10. The molecule has 0 aromatic heterocycles. The zero-order valence-electron chi connectivity index (χ0n) is 5.38. The highest BCUT2D eigenvalue weighted by atomic mass is 15.2. The molecule has 2 heteroatoms. The molecule has 0 spiro atoms. The van der Waals surface area contributed by atoms with Crippen molar-refractivity contribution in [1.29, 1.82) is 5.26 Å². The molecule has 0 radical (unpaired) electrons. The van der Waals surface area contributed by atoms with E-state index in [1.807, 2.05) is 4.90 Å². The summed E-state index contributed by atoms with van der Waals surface area (Å²) in [6.07, 6.45) is 7.31. The second kappa shape index (κ2) is 1.63. The molecular weight excluding hydrogens is 112 g/mol. The number of fused-ring (bicyclic) bond motifs is 2. The van der Waals surface area contributed by atoms with Gasteiger partial charge in [-0.1, -0.05) is 0 Å². The fourth-order valence-corrected chi connectivity index (χ4v) is 2.08. The SMILES string of the molecule is N#CN1C2CCC1CC2. The lowest BCUT2D eigenvalue weighted by atomic mass is 10.0. The van der Waals surface area contributed by atoms with Gasteiger partial charge in [-0.2, -0.15) is 5.26 Å². The van der Waals surface area contributed by atoms with E-state index in [1.165, 1.54) is 25.7 Å². The van der Waals surface area contributed by atoms with Crippen molar-refractivity contribution in [2.45, 2.75) is 37.8 Å². The second-order valence-electron chi connectivity index (χ2n) is 2.97. The fraction of sp³-hybridized carbons (Fsp3) is 0.857. The van der Waals surface area contributed by atoms with Gasteiger partial charge in [0.1, 0.15) is 0 Å². The van der Waals surface area contributed by atoms with Gasteiger partial charge in [-0.15, -0.1) is 0 Å². The van der Waals surface area contributed by atoms with Crippen LogP contribution >= 0.6 is 0 Å². The molecule has 0 amide bonds. The van der Waals surface area contributed by atoms with E-state index < -0.39 is 0 Å². The van der Waals surface area contributed by atoms with Crippen molar-refractivity contribution in [3.05, 3.63) is 0 Å². The number of nitriles is 1. The van der Waals surface area contributed by atoms with Crippen LogP contribution in [0.1, 0.15) is 25.7 Å². The van der Waals surface area contributed by atoms with Crippen LogP contribution in [0.3, 0.4) is 0 Å². The molecule has 2 fully saturated rings. The van der Waals surface area contributed by atoms with Crippen molar-refractivity contribution in [2.24, 2.45) is 0 Å². The summed E-state index contributed by atoms with van der Waals surface area (Å²) in [6.45, 7) is 0. The van der Waals surface area contributed by atoms with Crippen LogP contribution in [-0.4, -0.2) is 17.0 Å². The number of hydrogen-bond donors (Lipinski definition) is 0. The molecule has 0 unspecified atom stereocenters. The summed E-state index contributed by atoms with van der Waals surface area (Å²) in [5, 5.41) is 8.62. The molecular formula is C7H10N2. The molecule has 0 aliphatic carbocycles. The molecule has 2 heterocycles. The minimum absolute atomic E-state index is 0.625. The lowest BCUT2D eigenvalue weighted by Gasteiger charge is -2.11. The van der Waals surface area contributed by atoms with E-state index in [-0.39, 0.29) is 0 Å². The first-order valence-corrected chi connectivity index (χ1v) is 3.60. The maximum atomic E-state index is 8.62. The monoisotopic (exact) mass is 122 g/mol. The van der Waals surface area contributed by atoms with Gasteiger partial charge in [-0.05, 0) is 25.7 Å². The average Bonchev–Trinajstić information content (AvgIpc) is 2.44. The minimum Gasteiger partial charge on any atom is -0.305 e. The van der Waals surface area contributed by atoms with Gasteiger partial charge in [0.2, 0.25) is 0 Å². The third-order valence-corrected chi connectivity index (χ3v) is 2.57. The average molecular weight is 122 g/mol. The van der Waals surface area contributed by atoms with Crippen LogP contribution in [0, 0.1) is 11.5 Å². The van der Waals surface area contributed by atoms with Crippen molar-refractivity contribution in [3.63, 3.8) is 0 Å². The van der Waals surface area contributed by atoms with E-state index in [4.69, 9.17) is 5.26 Å². The van der Waals surface area contributed by atoms with Crippen molar-refractivity contribution in [1.82, 2.24) is 4.90 Å². The van der Waals surface area contributed by atoms with Gasteiger partial charge in [0.25, 0.3) is 0 Å². The quantitative estimate of drug-likeness (QED) is 0.450. The van der Waals surface area contributed by atoms with E-state index in [2.05, 4.69) is 6.19 Å². The van der Waals surface area contributed by atoms with Gasteiger partial charge in [0, 0.05) is 12.1 Å². The van der Waals surface area contributed by atoms with Crippen molar-refractivity contribution in [3.8, 4) is 6.19 Å². The summed E-state index contributed by atoms with van der Waals surface area (Å²) in [6, 6.07) is 1.25. The van der Waals surface area contributed by atoms with Gasteiger partial charge in [0.15, 0.2) is 6.19 Å². The van der Waals surface area contributed by atoms with Crippen molar-refractivity contribution >= 4 is 0 Å². The standard InChI is InChI=1S/C7H10N2/c8-5-9-6-1-2-7(9)4-3-6/h6-7H,1-4H2. The Labute approximate surface area is 55.1 Å². The van der Waals surface area contributed by atoms with Crippen LogP contribution in [0.25, 0.3) is 0 Å². The van der Waals surface area contributed by atoms with E-state index in [1.54, 1.807) is 0 Å². The Kier molecular flexibility index (Phi) is 0.926. The summed E-state index contributed by atoms with van der Waals surface area (Å²) in [5.41, 5.74) is 0. The molecule has 2 nitrogen and oxygen atoms in total. The molecule has 9 heavy (non-hydrogen) atoms. The summed E-state index contributed by atoms with van der Waals surface area (Å²) in [5.74, 6) is 0. The molecule has 0 atom stereocenters. The molecule has 0 saturated carbocycles. The van der Waals surface area contributed by atoms with Crippen LogP contribution in [0.15, 0.2) is 0 Å². The largest absolute Gasteiger partial charge is 0.305 e. The maximum Gasteiger partial charge on any atom is 0.179 e. The zero-order chi connectivity index (χ0) is 6.27. The maximum absolute atomic E-state index is 8.62. The van der Waals surface area contributed by atoms with Gasteiger partial charge >= 0.3 is 0 Å². The summed E-state index contributed by atoms with van der Waals surface area (Å²) in [7, 11) is 0. The Morgan fingerprint density at radius 3 is 1.78 bits per heavy atom. The second-order valence-corrected chi connectivity index (χ2v) is 2.97. The molecule has 2 aliphatic heterocycles. The van der Waals surface area contributed by atoms with Crippen LogP contribution in [-0.2, 0) is 0 Å². The Morgan fingerprint density at radius 1 is 1.11 bits per heavy atom. The minimum atomic E-state index is 0.625. The number of hydrogen-bond acceptors (Lipinski definition) is 2. The lowest BCUT2D eigenvalue weighted by Crippen LogP contribution is -2.21. The number of nitrogens with zero attached hydrogens (tertiary/aromatic N) is 2. The van der Waals surface area contributed by atoms with E-state index in [0.717, 1.165) is 0 Å². The third kappa shape index (κ3) is 0.548. The number of rotatable bonds is 0. The Morgan fingerprint density at radius 2 is 1.56 bits per heavy atom. The lowest BCUT2D eigenvalue weighted by molar-refractivity contribution is 0.372. The van der Waals surface area contributed by atoms with Crippen LogP contribution in [0.5, 0.6) is 0 Å². The molecule has 0 N–H and O–H groups in total. The molecule has 2 saturated heterocycles. The zero-order valence-corrected chi connectivity index (χ0v) is 5.38. The van der Waals surface area contributed by atoms with Crippen molar-refractivity contribution in [2.75, 3.05) is 0 Å². The Hall–Kier alpha value is -0.710. The highest BCUT2D eigenvalue weighted by molar-refractivity contribution is 5.00. The molecule has 0 aromatic carbocycles. The van der Waals surface area contributed by atoms with Gasteiger partial charge in [0.05, 0.1) is 0 Å². The summed E-state index contributed by atoms with van der Waals surface area (Å²) in [4.78, 5) is 1.99. The Bertz CT molecular complexity index is 139. The van der Waals surface area contributed by atoms with Crippen LogP contribution in [0.4, 0.5) is 0 Å². The predicted molar refractivity (Wildman–Crippen MR) is 33.5 cm³/mol. The highest BCUT2D eigenvalue weighted by Gasteiger charge is 2.38. The molecule has 2 rings (SSSR count). The van der Waals surface area contributed by atoms with E-state index in [0.29, 0.717) is 12.1 Å². The topological polar surface area (TPSA) is 27.0 Å². The summed E-state index contributed by atoms with van der Waals surface area (Å²) < 4.78 is 0. The van der Waals surface area contributed by atoms with E-state index in [9.17, 15) is 0 Å². The third-order valence-electron chi connectivity index (χ3n) is 2.57. The first-order valence-electron chi connectivity index (χ1n) is 3.60. The first-order chi connectivity index (χ1) is 4.42. The molecule has 48 valence electrons. The fourth-order valence-electron chi connectivity index (χ4n) is 2.08. The van der Waals surface area contributed by atoms with Gasteiger partial charge in [-0.25, -0.2) is 0 Å². The van der Waals surface area contributed by atoms with E-state index >= 15 is 0 Å². The highest BCUT2D eigenvalue weighted by Crippen LogP contribution is 2.36. The molecule has 2 bridgehead atoms. The molecule has 0 aromatic rings. The van der Waals surface area contributed by atoms with Crippen molar-refractivity contribution < 1.29 is 0 Å². The van der Waals surface area contributed by atoms with Gasteiger partial charge in [-0.3, -0.25) is 0 Å².